The number of fused-ring (bicyclic) bond motifs is 3. The van der Waals surface area contributed by atoms with Crippen molar-refractivity contribution in [2.24, 2.45) is 0 Å². The van der Waals surface area contributed by atoms with Gasteiger partial charge in [0.25, 0.3) is 0 Å². The second kappa shape index (κ2) is 15.9. The largest absolute Gasteiger partial charge is 1.00 e. The molecule has 0 saturated carbocycles. The van der Waals surface area contributed by atoms with Gasteiger partial charge in [0.15, 0.2) is 0 Å². The molecule has 0 fully saturated rings. The van der Waals surface area contributed by atoms with Gasteiger partial charge in [-0.05, 0) is 0 Å². The molecule has 0 saturated heterocycles. The summed E-state index contributed by atoms with van der Waals surface area (Å²) in [5.74, 6) is 0. The van der Waals surface area contributed by atoms with Crippen molar-refractivity contribution in [3.8, 4) is 0 Å². The minimum Gasteiger partial charge on any atom is -1.00 e. The van der Waals surface area contributed by atoms with Crippen LogP contribution < -0.4 is 24.8 Å². The van der Waals surface area contributed by atoms with Crippen LogP contribution in [0.15, 0.2) is 121 Å². The Bertz CT molecular complexity index is 1500. The summed E-state index contributed by atoms with van der Waals surface area (Å²) < 4.78 is 1.42. The maximum atomic E-state index is 2.99. The van der Waals surface area contributed by atoms with E-state index in [-0.39, 0.29) is 35.6 Å². The van der Waals surface area contributed by atoms with E-state index in [4.69, 9.17) is 0 Å². The zero-order valence-corrected chi connectivity index (χ0v) is 29.5. The van der Waals surface area contributed by atoms with Crippen molar-refractivity contribution in [3.63, 3.8) is 0 Å². The number of benzene rings is 4. The minimum atomic E-state index is 0. The molecule has 0 radical (unpaired) electrons. The first-order valence-corrected chi connectivity index (χ1v) is 15.3. The molecule has 1 aliphatic carbocycles. The topological polar surface area (TPSA) is 0 Å². The van der Waals surface area contributed by atoms with Gasteiger partial charge < -0.3 is 24.8 Å². The second-order valence-corrected chi connectivity index (χ2v) is 13.6. The van der Waals surface area contributed by atoms with Crippen LogP contribution in [0.25, 0.3) is 21.5 Å². The van der Waals surface area contributed by atoms with Crippen molar-refractivity contribution in [1.29, 1.82) is 0 Å². The van der Waals surface area contributed by atoms with Gasteiger partial charge in [0.1, 0.15) is 0 Å². The molecule has 6 rings (SSSR count). The van der Waals surface area contributed by atoms with Crippen LogP contribution >= 0.6 is 0 Å². The van der Waals surface area contributed by atoms with Crippen LogP contribution in [-0.4, -0.2) is 3.21 Å². The fourth-order valence-corrected chi connectivity index (χ4v) is 5.50. The summed E-state index contributed by atoms with van der Waals surface area (Å²) in [6, 6.07) is 37.4. The molecule has 0 unspecified atom stereocenters. The first kappa shape index (κ1) is 35.8. The summed E-state index contributed by atoms with van der Waals surface area (Å²) in [4.78, 5) is 0. The molecule has 216 valence electrons. The Morgan fingerprint density at radius 2 is 1.02 bits per heavy atom. The average Bonchev–Trinajstić information content (AvgIpc) is 3.64. The van der Waals surface area contributed by atoms with E-state index in [0.29, 0.717) is 0 Å². The molecule has 0 heterocycles. The van der Waals surface area contributed by atoms with Crippen LogP contribution in [0.3, 0.4) is 0 Å². The Hall–Kier alpha value is -2.44. The normalized spacial score (nSPS) is 12.0. The molecule has 0 atom stereocenters. The summed E-state index contributed by atoms with van der Waals surface area (Å²) in [6.45, 7) is 13.6. The SMILES string of the molecule is CC(C)(C)c1ccc([C](=[Zr+2])c2ccc(C(C)(C)C)cc2)cc1.[C-]1=CC=CC1.[Cl-].[Cl-].c1ccc2c(c1)[cH-]c1ccccc12. The number of rotatable bonds is 2. The molecule has 5 aromatic rings. The van der Waals surface area contributed by atoms with Crippen molar-refractivity contribution in [1.82, 2.24) is 0 Å². The van der Waals surface area contributed by atoms with Gasteiger partial charge in [-0.2, -0.15) is 6.08 Å². The van der Waals surface area contributed by atoms with E-state index in [1.807, 2.05) is 12.2 Å². The van der Waals surface area contributed by atoms with Gasteiger partial charge in [0.05, 0.1) is 0 Å². The third-order valence-corrected chi connectivity index (χ3v) is 8.61. The van der Waals surface area contributed by atoms with Gasteiger partial charge in [0, 0.05) is 0 Å². The third-order valence-electron chi connectivity index (χ3n) is 7.19. The van der Waals surface area contributed by atoms with Crippen molar-refractivity contribution in [2.75, 3.05) is 0 Å². The second-order valence-electron chi connectivity index (χ2n) is 12.4. The predicted octanol–water partition coefficient (Wildman–Crippen LogP) is 4.42. The van der Waals surface area contributed by atoms with Crippen molar-refractivity contribution < 1.29 is 49.0 Å². The molecule has 42 heavy (non-hydrogen) atoms. The van der Waals surface area contributed by atoms with Crippen molar-refractivity contribution in [2.45, 2.75) is 58.8 Å². The Balaban J connectivity index is 0.000000258. The summed E-state index contributed by atoms with van der Waals surface area (Å²) >= 11 is 1.46. The maximum Gasteiger partial charge on any atom is -0.0771 e. The van der Waals surface area contributed by atoms with Crippen LogP contribution in [0.2, 0.25) is 0 Å². The van der Waals surface area contributed by atoms with E-state index < -0.39 is 0 Å². The molecule has 0 amide bonds. The monoisotopic (exact) mass is 668 g/mol. The number of allylic oxidation sites excluding steroid dienone is 4. The van der Waals surface area contributed by atoms with Gasteiger partial charge in [-0.25, -0.2) is 12.2 Å². The van der Waals surface area contributed by atoms with Gasteiger partial charge in [-0.3, -0.25) is 6.08 Å². The smallest absolute Gasteiger partial charge is 0.0771 e. The van der Waals surface area contributed by atoms with E-state index in [1.54, 1.807) is 0 Å². The van der Waals surface area contributed by atoms with Gasteiger partial charge in [-0.1, -0.05) is 36.4 Å². The van der Waals surface area contributed by atoms with Crippen molar-refractivity contribution in [3.05, 3.63) is 150 Å². The fourth-order valence-electron chi connectivity index (χ4n) is 4.68. The number of hydrogen-bond acceptors (Lipinski definition) is 0. The van der Waals surface area contributed by atoms with Gasteiger partial charge in [0.2, 0.25) is 0 Å². The molecule has 0 aliphatic heterocycles. The van der Waals surface area contributed by atoms with Crippen molar-refractivity contribution >= 4 is 24.8 Å². The minimum absolute atomic E-state index is 0. The summed E-state index contributed by atoms with van der Waals surface area (Å²) in [6.07, 6.45) is 10.0. The first-order chi connectivity index (χ1) is 19.0. The summed E-state index contributed by atoms with van der Waals surface area (Å²) in [5, 5.41) is 5.39. The van der Waals surface area contributed by atoms with E-state index in [2.05, 4.69) is 157 Å². The standard InChI is InChI=1S/C21H26.C13H9.C5H5.2ClH.Zr/c1-20(2,3)18-11-7-16(8-12-18)15-17-9-13-19(14-10-17)21(4,5)6;1-3-7-12-10(5-1)9-11-6-2-4-8-13(11)12;1-2-4-5-3-1;;;/h7-14H,1-6H3;1-9H;1-3H,4H2;2*1H;/q;2*-1;;;+2/p-2. The molecular weight excluding hydrogens is 631 g/mol. The molecule has 0 aromatic heterocycles. The number of halogens is 2. The van der Waals surface area contributed by atoms with Crippen LogP contribution in [0.1, 0.15) is 70.2 Å². The molecule has 5 aromatic carbocycles. The van der Waals surface area contributed by atoms with E-state index in [1.165, 1.54) is 71.2 Å². The van der Waals surface area contributed by atoms with E-state index in [9.17, 15) is 0 Å². The molecule has 3 heteroatoms. The Morgan fingerprint density at radius 1 is 0.619 bits per heavy atom. The van der Waals surface area contributed by atoms with Crippen LogP contribution in [0.4, 0.5) is 0 Å². The number of hydrogen-bond donors (Lipinski definition) is 0. The summed E-state index contributed by atoms with van der Waals surface area (Å²) in [5.41, 5.74) is 5.90. The maximum absolute atomic E-state index is 2.99. The fraction of sp³-hybridized carbons (Fsp3) is 0.231. The zero-order chi connectivity index (χ0) is 28.8. The zero-order valence-electron chi connectivity index (χ0n) is 25.5. The van der Waals surface area contributed by atoms with Crippen LogP contribution in [0, 0.1) is 6.08 Å². The molecular formula is C39H40Cl2Zr-2. The molecule has 0 N–H and O–H groups in total. The Labute approximate surface area is 280 Å². The Kier molecular flexibility index (Phi) is 13.5. The molecule has 1 aliphatic rings. The molecule has 0 spiro atoms. The van der Waals surface area contributed by atoms with Crippen LogP contribution in [0.5, 0.6) is 0 Å². The van der Waals surface area contributed by atoms with E-state index in [0.717, 1.165) is 6.42 Å². The van der Waals surface area contributed by atoms with Gasteiger partial charge in [-0.15, -0.1) is 46.2 Å². The Morgan fingerprint density at radius 3 is 1.33 bits per heavy atom. The average molecular weight is 671 g/mol. The van der Waals surface area contributed by atoms with Gasteiger partial charge >= 0.3 is 151 Å². The summed E-state index contributed by atoms with van der Waals surface area (Å²) in [7, 11) is 0. The molecule has 0 nitrogen and oxygen atoms in total. The van der Waals surface area contributed by atoms with E-state index >= 15 is 0 Å². The first-order valence-electron chi connectivity index (χ1n) is 14.1. The molecule has 0 bridgehead atoms. The third kappa shape index (κ3) is 9.54. The quantitative estimate of drug-likeness (QED) is 0.244. The van der Waals surface area contributed by atoms with Crippen LogP contribution in [-0.2, 0) is 35.1 Å². The predicted molar refractivity (Wildman–Crippen MR) is 172 cm³/mol.